The average Bonchev–Trinajstić information content (AvgIpc) is 2.42. The molecule has 3 nitrogen and oxygen atoms in total. The molecule has 96 valence electrons. The molecule has 3 aromatic rings. The second-order valence-corrected chi connectivity index (χ2v) is 4.84. The first-order chi connectivity index (χ1) is 8.84. The Morgan fingerprint density at radius 2 is 1.63 bits per heavy atom. The number of pyridine rings is 1. The Morgan fingerprint density at radius 1 is 0.895 bits per heavy atom. The van der Waals surface area contributed by atoms with Crippen molar-refractivity contribution < 1.29 is 5.48 Å². The van der Waals surface area contributed by atoms with Gasteiger partial charge in [0, 0.05) is 16.1 Å². The lowest BCUT2D eigenvalue weighted by Gasteiger charge is -2.09. The van der Waals surface area contributed by atoms with Crippen molar-refractivity contribution in [3.05, 3.63) is 65.3 Å². The molecule has 0 fully saturated rings. The predicted molar refractivity (Wildman–Crippen MR) is 82.8 cm³/mol. The van der Waals surface area contributed by atoms with E-state index in [4.69, 9.17) is 0 Å². The zero-order valence-corrected chi connectivity index (χ0v) is 11.7. The molecule has 0 aliphatic heterocycles. The third-order valence-corrected chi connectivity index (χ3v) is 3.49. The van der Waals surface area contributed by atoms with E-state index < -0.39 is 0 Å². The van der Waals surface area contributed by atoms with Crippen LogP contribution in [0.25, 0.3) is 10.8 Å². The SMILES string of the molecule is Brc1ccccc1Nc1nccc2ccccc12.O. The standard InChI is InChI=1S/C15H11BrN2.H2O/c16-13-7-3-4-8-14(13)18-15-12-6-2-1-5-11(12)9-10-17-15;/h1-10H,(H,17,18);1H2. The minimum atomic E-state index is 0. The quantitative estimate of drug-likeness (QED) is 0.779. The molecule has 3 rings (SSSR count). The lowest BCUT2D eigenvalue weighted by molar-refractivity contribution is 0.824. The maximum Gasteiger partial charge on any atom is 0.138 e. The molecular formula is C15H13BrN2O. The number of aromatic nitrogens is 1. The van der Waals surface area contributed by atoms with Crippen LogP contribution in [0.4, 0.5) is 11.5 Å². The van der Waals surface area contributed by atoms with Crippen LogP contribution in [0, 0.1) is 0 Å². The van der Waals surface area contributed by atoms with Crippen molar-refractivity contribution in [2.45, 2.75) is 0 Å². The monoisotopic (exact) mass is 316 g/mol. The Kier molecular flexibility index (Phi) is 4.14. The summed E-state index contributed by atoms with van der Waals surface area (Å²) in [7, 11) is 0. The Hall–Kier alpha value is -1.91. The van der Waals surface area contributed by atoms with Crippen molar-refractivity contribution in [1.29, 1.82) is 0 Å². The number of rotatable bonds is 2. The third kappa shape index (κ3) is 2.75. The smallest absolute Gasteiger partial charge is 0.138 e. The number of nitrogens with zero attached hydrogens (tertiary/aromatic N) is 1. The van der Waals surface area contributed by atoms with Crippen molar-refractivity contribution in [2.75, 3.05) is 5.32 Å². The first-order valence-electron chi connectivity index (χ1n) is 5.70. The minimum absolute atomic E-state index is 0. The zero-order valence-electron chi connectivity index (χ0n) is 10.1. The molecule has 3 N–H and O–H groups in total. The Bertz CT molecular complexity index is 695. The molecule has 0 radical (unpaired) electrons. The number of fused-ring (bicyclic) bond motifs is 1. The number of halogens is 1. The molecule has 0 atom stereocenters. The molecule has 0 saturated carbocycles. The highest BCUT2D eigenvalue weighted by Crippen LogP contribution is 2.28. The summed E-state index contributed by atoms with van der Waals surface area (Å²) < 4.78 is 1.03. The van der Waals surface area contributed by atoms with Gasteiger partial charge < -0.3 is 10.8 Å². The summed E-state index contributed by atoms with van der Waals surface area (Å²) >= 11 is 3.53. The van der Waals surface area contributed by atoms with Gasteiger partial charge in [-0.05, 0) is 39.5 Å². The molecule has 4 heteroatoms. The summed E-state index contributed by atoms with van der Waals surface area (Å²) in [5, 5.41) is 5.66. The van der Waals surface area contributed by atoms with Gasteiger partial charge in [0.1, 0.15) is 5.82 Å². The van der Waals surface area contributed by atoms with Crippen LogP contribution in [0.15, 0.2) is 65.3 Å². The Morgan fingerprint density at radius 3 is 2.47 bits per heavy atom. The van der Waals surface area contributed by atoms with E-state index in [1.807, 2.05) is 48.7 Å². The first kappa shape index (κ1) is 13.5. The summed E-state index contributed by atoms with van der Waals surface area (Å²) in [4.78, 5) is 4.41. The summed E-state index contributed by atoms with van der Waals surface area (Å²) in [6.07, 6.45) is 1.82. The number of para-hydroxylation sites is 1. The molecule has 2 aromatic carbocycles. The largest absolute Gasteiger partial charge is 0.412 e. The van der Waals surface area contributed by atoms with Gasteiger partial charge in [0.2, 0.25) is 0 Å². The van der Waals surface area contributed by atoms with Crippen LogP contribution in [0.3, 0.4) is 0 Å². The summed E-state index contributed by atoms with van der Waals surface area (Å²) in [5.41, 5.74) is 1.02. The van der Waals surface area contributed by atoms with Crippen LogP contribution in [0.5, 0.6) is 0 Å². The lowest BCUT2D eigenvalue weighted by atomic mass is 10.1. The molecule has 1 heterocycles. The van der Waals surface area contributed by atoms with E-state index in [1.165, 1.54) is 5.39 Å². The van der Waals surface area contributed by atoms with Crippen LogP contribution in [-0.2, 0) is 0 Å². The van der Waals surface area contributed by atoms with Crippen molar-refractivity contribution in [3.8, 4) is 0 Å². The first-order valence-corrected chi connectivity index (χ1v) is 6.49. The van der Waals surface area contributed by atoms with Gasteiger partial charge in [-0.1, -0.05) is 36.4 Å². The summed E-state index contributed by atoms with van der Waals surface area (Å²) in [6, 6.07) is 18.2. The van der Waals surface area contributed by atoms with Crippen LogP contribution in [0.2, 0.25) is 0 Å². The van der Waals surface area contributed by atoms with Crippen LogP contribution < -0.4 is 5.32 Å². The Labute approximate surface area is 119 Å². The fraction of sp³-hybridized carbons (Fsp3) is 0. The van der Waals surface area contributed by atoms with Crippen molar-refractivity contribution in [3.63, 3.8) is 0 Å². The highest BCUT2D eigenvalue weighted by molar-refractivity contribution is 9.10. The van der Waals surface area contributed by atoms with Gasteiger partial charge in [0.05, 0.1) is 5.69 Å². The fourth-order valence-electron chi connectivity index (χ4n) is 1.91. The highest BCUT2D eigenvalue weighted by Gasteiger charge is 2.03. The van der Waals surface area contributed by atoms with Gasteiger partial charge in [-0.3, -0.25) is 0 Å². The number of anilines is 2. The fourth-order valence-corrected chi connectivity index (χ4v) is 2.29. The maximum atomic E-state index is 4.41. The van der Waals surface area contributed by atoms with E-state index in [1.54, 1.807) is 0 Å². The predicted octanol–water partition coefficient (Wildman–Crippen LogP) is 3.92. The molecular weight excluding hydrogens is 304 g/mol. The topological polar surface area (TPSA) is 56.4 Å². The van der Waals surface area contributed by atoms with Crippen molar-refractivity contribution in [2.24, 2.45) is 0 Å². The molecule has 0 unspecified atom stereocenters. The summed E-state index contributed by atoms with van der Waals surface area (Å²) in [6.45, 7) is 0. The molecule has 0 bridgehead atoms. The van der Waals surface area contributed by atoms with Gasteiger partial charge in [-0.25, -0.2) is 4.98 Å². The maximum absolute atomic E-state index is 4.41. The Balaban J connectivity index is 0.00000133. The van der Waals surface area contributed by atoms with Crippen LogP contribution >= 0.6 is 15.9 Å². The highest BCUT2D eigenvalue weighted by atomic mass is 79.9. The number of benzene rings is 2. The molecule has 0 amide bonds. The van der Waals surface area contributed by atoms with E-state index in [0.717, 1.165) is 21.4 Å². The number of hydrogen-bond donors (Lipinski definition) is 1. The molecule has 19 heavy (non-hydrogen) atoms. The van der Waals surface area contributed by atoms with Gasteiger partial charge in [0.15, 0.2) is 0 Å². The lowest BCUT2D eigenvalue weighted by Crippen LogP contribution is -1.94. The molecule has 0 aliphatic carbocycles. The van der Waals surface area contributed by atoms with E-state index in [-0.39, 0.29) is 5.48 Å². The van der Waals surface area contributed by atoms with Gasteiger partial charge in [0.25, 0.3) is 0 Å². The normalized spacial score (nSPS) is 9.95. The van der Waals surface area contributed by atoms with Crippen molar-refractivity contribution >= 4 is 38.2 Å². The van der Waals surface area contributed by atoms with Gasteiger partial charge in [-0.2, -0.15) is 0 Å². The zero-order chi connectivity index (χ0) is 12.4. The molecule has 0 spiro atoms. The molecule has 0 aliphatic rings. The number of hydrogen-bond acceptors (Lipinski definition) is 2. The second-order valence-electron chi connectivity index (χ2n) is 3.99. The van der Waals surface area contributed by atoms with E-state index >= 15 is 0 Å². The average molecular weight is 317 g/mol. The van der Waals surface area contributed by atoms with Gasteiger partial charge >= 0.3 is 0 Å². The van der Waals surface area contributed by atoms with Crippen LogP contribution in [0.1, 0.15) is 0 Å². The van der Waals surface area contributed by atoms with E-state index in [0.29, 0.717) is 0 Å². The minimum Gasteiger partial charge on any atom is -0.412 e. The van der Waals surface area contributed by atoms with E-state index in [9.17, 15) is 0 Å². The molecule has 1 aromatic heterocycles. The van der Waals surface area contributed by atoms with Gasteiger partial charge in [-0.15, -0.1) is 0 Å². The number of nitrogens with one attached hydrogen (secondary N) is 1. The van der Waals surface area contributed by atoms with Crippen LogP contribution in [-0.4, -0.2) is 10.5 Å². The van der Waals surface area contributed by atoms with Crippen molar-refractivity contribution in [1.82, 2.24) is 4.98 Å². The summed E-state index contributed by atoms with van der Waals surface area (Å²) in [5.74, 6) is 0.875. The molecule has 0 saturated heterocycles. The van der Waals surface area contributed by atoms with E-state index in [2.05, 4.69) is 38.4 Å². The second kappa shape index (κ2) is 5.82. The third-order valence-electron chi connectivity index (χ3n) is 2.80.